The molecule has 8 heteroatoms. The van der Waals surface area contributed by atoms with Crippen LogP contribution in [0.2, 0.25) is 0 Å². The van der Waals surface area contributed by atoms with Gasteiger partial charge in [0.25, 0.3) is 5.91 Å². The van der Waals surface area contributed by atoms with Gasteiger partial charge in [0, 0.05) is 50.5 Å². The number of hydrazone groups is 1. The number of thiazole rings is 1. The molecule has 0 aliphatic carbocycles. The smallest absolute Gasteiger partial charge is 0.272 e. The number of pyridine rings is 1. The van der Waals surface area contributed by atoms with Crippen LogP contribution in [0.25, 0.3) is 0 Å². The summed E-state index contributed by atoms with van der Waals surface area (Å²) in [6.45, 7) is 3.79. The first-order valence-corrected chi connectivity index (χ1v) is 9.85. The minimum atomic E-state index is -0.286. The fourth-order valence-corrected chi connectivity index (χ4v) is 3.83. The largest absolute Gasteiger partial charge is 0.368 e. The minimum absolute atomic E-state index is 0.286. The highest BCUT2D eigenvalue weighted by atomic mass is 32.1. The molecule has 1 fully saturated rings. The molecule has 1 aromatic carbocycles. The van der Waals surface area contributed by atoms with Gasteiger partial charge in [0.2, 0.25) is 0 Å². The van der Waals surface area contributed by atoms with Crippen LogP contribution < -0.4 is 15.2 Å². The van der Waals surface area contributed by atoms with Crippen molar-refractivity contribution in [2.75, 3.05) is 36.0 Å². The van der Waals surface area contributed by atoms with E-state index in [1.165, 1.54) is 11.9 Å². The summed E-state index contributed by atoms with van der Waals surface area (Å²) >= 11 is 1.57. The SMILES string of the molecule is O=C(NN=Cc1cnc(N2CCN(c3ccccc3)CC2)s1)c1cccnc1. The normalized spacial score (nSPS) is 14.4. The molecule has 3 aromatic rings. The van der Waals surface area contributed by atoms with E-state index in [-0.39, 0.29) is 5.91 Å². The molecule has 0 atom stereocenters. The van der Waals surface area contributed by atoms with Gasteiger partial charge in [-0.2, -0.15) is 5.10 Å². The molecule has 1 aliphatic rings. The molecule has 3 heterocycles. The monoisotopic (exact) mass is 392 g/mol. The number of amides is 1. The average Bonchev–Trinajstić information content (AvgIpc) is 3.24. The van der Waals surface area contributed by atoms with E-state index in [9.17, 15) is 4.79 Å². The highest BCUT2D eigenvalue weighted by molar-refractivity contribution is 7.17. The number of aromatic nitrogens is 2. The lowest BCUT2D eigenvalue weighted by Gasteiger charge is -2.35. The predicted octanol–water partition coefficient (Wildman–Crippen LogP) is 2.63. The van der Waals surface area contributed by atoms with Crippen molar-refractivity contribution in [2.24, 2.45) is 5.10 Å². The zero-order chi connectivity index (χ0) is 19.2. The Morgan fingerprint density at radius 3 is 2.57 bits per heavy atom. The molecule has 2 aromatic heterocycles. The third-order valence-electron chi connectivity index (χ3n) is 4.46. The number of benzene rings is 1. The number of rotatable bonds is 5. The van der Waals surface area contributed by atoms with Gasteiger partial charge in [-0.1, -0.05) is 29.5 Å². The summed E-state index contributed by atoms with van der Waals surface area (Å²) in [7, 11) is 0. The molecule has 0 bridgehead atoms. The molecule has 28 heavy (non-hydrogen) atoms. The lowest BCUT2D eigenvalue weighted by atomic mass is 10.2. The van der Waals surface area contributed by atoms with Crippen LogP contribution in [0.4, 0.5) is 10.8 Å². The molecule has 0 unspecified atom stereocenters. The van der Waals surface area contributed by atoms with Crippen molar-refractivity contribution in [1.82, 2.24) is 15.4 Å². The Labute approximate surface area is 167 Å². The van der Waals surface area contributed by atoms with Crippen molar-refractivity contribution in [3.05, 3.63) is 71.5 Å². The average molecular weight is 392 g/mol. The van der Waals surface area contributed by atoms with Crippen LogP contribution in [-0.2, 0) is 0 Å². The lowest BCUT2D eigenvalue weighted by molar-refractivity contribution is 0.0955. The van der Waals surface area contributed by atoms with Gasteiger partial charge in [0.15, 0.2) is 5.13 Å². The Bertz CT molecular complexity index is 936. The van der Waals surface area contributed by atoms with Gasteiger partial charge in [0.1, 0.15) is 0 Å². The van der Waals surface area contributed by atoms with E-state index >= 15 is 0 Å². The maximum absolute atomic E-state index is 11.9. The highest BCUT2D eigenvalue weighted by Gasteiger charge is 2.19. The number of anilines is 2. The Morgan fingerprint density at radius 1 is 1.04 bits per heavy atom. The number of carbonyl (C=O) groups is 1. The molecule has 1 aliphatic heterocycles. The molecule has 0 radical (unpaired) electrons. The maximum atomic E-state index is 11.9. The van der Waals surface area contributed by atoms with E-state index in [0.29, 0.717) is 5.56 Å². The van der Waals surface area contributed by atoms with Gasteiger partial charge in [0.05, 0.1) is 16.7 Å². The van der Waals surface area contributed by atoms with E-state index in [4.69, 9.17) is 0 Å². The van der Waals surface area contributed by atoms with Crippen LogP contribution in [0.1, 0.15) is 15.2 Å². The molecule has 1 N–H and O–H groups in total. The molecular weight excluding hydrogens is 372 g/mol. The van der Waals surface area contributed by atoms with E-state index in [1.54, 1.807) is 42.1 Å². The van der Waals surface area contributed by atoms with Crippen LogP contribution in [0.3, 0.4) is 0 Å². The van der Waals surface area contributed by atoms with Gasteiger partial charge in [-0.25, -0.2) is 10.4 Å². The maximum Gasteiger partial charge on any atom is 0.272 e. The third-order valence-corrected chi connectivity index (χ3v) is 5.46. The van der Waals surface area contributed by atoms with E-state index < -0.39 is 0 Å². The second-order valence-corrected chi connectivity index (χ2v) is 7.34. The Hall–Kier alpha value is -3.26. The van der Waals surface area contributed by atoms with Crippen LogP contribution >= 0.6 is 11.3 Å². The lowest BCUT2D eigenvalue weighted by Crippen LogP contribution is -2.46. The van der Waals surface area contributed by atoms with Crippen LogP contribution in [-0.4, -0.2) is 48.3 Å². The Kier molecular flexibility index (Phi) is 5.58. The van der Waals surface area contributed by atoms with Crippen LogP contribution in [0, 0.1) is 0 Å². The number of carbonyl (C=O) groups excluding carboxylic acids is 1. The Morgan fingerprint density at radius 2 is 1.82 bits per heavy atom. The standard InChI is InChI=1S/C20H20N6OS/c27-19(16-5-4-8-21-13-16)24-23-15-18-14-22-20(28-18)26-11-9-25(10-12-26)17-6-2-1-3-7-17/h1-8,13-15H,9-12H2,(H,24,27). The van der Waals surface area contributed by atoms with Gasteiger partial charge in [-0.15, -0.1) is 0 Å². The second kappa shape index (κ2) is 8.62. The molecule has 0 spiro atoms. The van der Waals surface area contributed by atoms with Gasteiger partial charge >= 0.3 is 0 Å². The molecule has 1 amide bonds. The predicted molar refractivity (Wildman–Crippen MR) is 112 cm³/mol. The van der Waals surface area contributed by atoms with Crippen molar-refractivity contribution in [3.63, 3.8) is 0 Å². The zero-order valence-corrected chi connectivity index (χ0v) is 16.0. The number of nitrogens with one attached hydrogen (secondary N) is 1. The molecule has 0 saturated carbocycles. The quantitative estimate of drug-likeness (QED) is 0.534. The fraction of sp³-hybridized carbons (Fsp3) is 0.200. The molecule has 142 valence electrons. The minimum Gasteiger partial charge on any atom is -0.368 e. The summed E-state index contributed by atoms with van der Waals surface area (Å²) in [5, 5.41) is 5.00. The fourth-order valence-electron chi connectivity index (χ4n) is 2.99. The first-order chi connectivity index (χ1) is 13.8. The van der Waals surface area contributed by atoms with Crippen molar-refractivity contribution in [3.8, 4) is 0 Å². The van der Waals surface area contributed by atoms with Gasteiger partial charge < -0.3 is 9.80 Å². The molecule has 7 nitrogen and oxygen atoms in total. The molecular formula is C20H20N6OS. The number of hydrogen-bond donors (Lipinski definition) is 1. The van der Waals surface area contributed by atoms with E-state index in [2.05, 4.69) is 54.6 Å². The number of nitrogens with zero attached hydrogens (tertiary/aromatic N) is 5. The number of para-hydroxylation sites is 1. The van der Waals surface area contributed by atoms with Crippen molar-refractivity contribution in [2.45, 2.75) is 0 Å². The van der Waals surface area contributed by atoms with Crippen LogP contribution in [0.15, 0.2) is 66.2 Å². The van der Waals surface area contributed by atoms with Crippen molar-refractivity contribution in [1.29, 1.82) is 0 Å². The summed E-state index contributed by atoms with van der Waals surface area (Å²) in [5.74, 6) is -0.286. The highest BCUT2D eigenvalue weighted by Crippen LogP contribution is 2.24. The summed E-state index contributed by atoms with van der Waals surface area (Å²) in [4.78, 5) is 25.9. The summed E-state index contributed by atoms with van der Waals surface area (Å²) in [5.41, 5.74) is 4.24. The summed E-state index contributed by atoms with van der Waals surface area (Å²) < 4.78 is 0. The first kappa shape index (κ1) is 18.1. The van der Waals surface area contributed by atoms with Crippen LogP contribution in [0.5, 0.6) is 0 Å². The topological polar surface area (TPSA) is 73.7 Å². The second-order valence-electron chi connectivity index (χ2n) is 6.30. The third kappa shape index (κ3) is 4.34. The number of piperazine rings is 1. The van der Waals surface area contributed by atoms with E-state index in [1.807, 2.05) is 6.07 Å². The number of hydrogen-bond acceptors (Lipinski definition) is 7. The summed E-state index contributed by atoms with van der Waals surface area (Å²) in [6.07, 6.45) is 6.53. The van der Waals surface area contributed by atoms with Gasteiger partial charge in [-0.05, 0) is 24.3 Å². The van der Waals surface area contributed by atoms with E-state index in [0.717, 1.165) is 36.2 Å². The van der Waals surface area contributed by atoms with Gasteiger partial charge in [-0.3, -0.25) is 9.78 Å². The van der Waals surface area contributed by atoms with Crippen molar-refractivity contribution >= 4 is 34.3 Å². The molecule has 4 rings (SSSR count). The first-order valence-electron chi connectivity index (χ1n) is 9.04. The Balaban J connectivity index is 1.30. The molecule has 1 saturated heterocycles. The summed E-state index contributed by atoms with van der Waals surface area (Å²) in [6, 6.07) is 13.9. The zero-order valence-electron chi connectivity index (χ0n) is 15.2. The van der Waals surface area contributed by atoms with Crippen molar-refractivity contribution < 1.29 is 4.79 Å².